The maximum Gasteiger partial charge on any atom is 0.122 e. The molecule has 0 bridgehead atoms. The summed E-state index contributed by atoms with van der Waals surface area (Å²) in [6, 6.07) is 8.14. The number of hydrogen-bond donors (Lipinski definition) is 0. The smallest absolute Gasteiger partial charge is 0.122 e. The molecule has 0 amide bonds. The number of para-hydroxylation sites is 1. The van der Waals surface area contributed by atoms with E-state index in [0.29, 0.717) is 6.61 Å². The van der Waals surface area contributed by atoms with Crippen LogP contribution in [0.25, 0.3) is 0 Å². The van der Waals surface area contributed by atoms with E-state index in [2.05, 4.69) is 6.07 Å². The van der Waals surface area contributed by atoms with Gasteiger partial charge in [0.15, 0.2) is 0 Å². The molecule has 0 N–H and O–H groups in total. The highest BCUT2D eigenvalue weighted by atomic mass is 35.5. The fraction of sp³-hybridized carbons (Fsp3) is 0.400. The van der Waals surface area contributed by atoms with E-state index < -0.39 is 0 Å². The number of alkyl halides is 1. The highest BCUT2D eigenvalue weighted by Gasteiger charge is 2.13. The molecule has 0 saturated heterocycles. The summed E-state index contributed by atoms with van der Waals surface area (Å²) in [5, 5.41) is 0.164. The van der Waals surface area contributed by atoms with Gasteiger partial charge in [-0.15, -0.1) is 11.6 Å². The molecule has 1 aliphatic heterocycles. The zero-order valence-electron chi connectivity index (χ0n) is 6.79. The molecular formula is C10H11ClO. The summed E-state index contributed by atoms with van der Waals surface area (Å²) >= 11 is 5.99. The second-order valence-corrected chi connectivity index (χ2v) is 3.67. The third kappa shape index (κ3) is 1.56. The Labute approximate surface area is 77.3 Å². The van der Waals surface area contributed by atoms with Crippen molar-refractivity contribution in [2.75, 3.05) is 6.61 Å². The van der Waals surface area contributed by atoms with Crippen LogP contribution >= 0.6 is 11.6 Å². The molecule has 12 heavy (non-hydrogen) atoms. The second-order valence-electron chi connectivity index (χ2n) is 3.05. The molecule has 0 spiro atoms. The van der Waals surface area contributed by atoms with Gasteiger partial charge < -0.3 is 4.74 Å². The largest absolute Gasteiger partial charge is 0.492 e. The number of fused-ring (bicyclic) bond motifs is 1. The fourth-order valence-electron chi connectivity index (χ4n) is 1.43. The van der Waals surface area contributed by atoms with Gasteiger partial charge in [0.1, 0.15) is 12.4 Å². The van der Waals surface area contributed by atoms with Crippen LogP contribution in [0.1, 0.15) is 12.0 Å². The highest BCUT2D eigenvalue weighted by Crippen LogP contribution is 2.24. The van der Waals surface area contributed by atoms with Gasteiger partial charge in [-0.2, -0.15) is 0 Å². The van der Waals surface area contributed by atoms with Crippen molar-refractivity contribution < 1.29 is 4.74 Å². The minimum atomic E-state index is 0.164. The summed E-state index contributed by atoms with van der Waals surface area (Å²) in [5.74, 6) is 1.00. The lowest BCUT2D eigenvalue weighted by atomic mass is 10.1. The van der Waals surface area contributed by atoms with E-state index in [9.17, 15) is 0 Å². The maximum atomic E-state index is 5.99. The molecule has 64 valence electrons. The Balaban J connectivity index is 2.26. The molecule has 0 aliphatic carbocycles. The van der Waals surface area contributed by atoms with Crippen LogP contribution in [-0.4, -0.2) is 12.0 Å². The molecule has 2 rings (SSSR count). The van der Waals surface area contributed by atoms with Crippen molar-refractivity contribution in [3.63, 3.8) is 0 Å². The summed E-state index contributed by atoms with van der Waals surface area (Å²) in [6.45, 7) is 0.637. The number of halogens is 1. The normalized spacial score (nSPS) is 22.2. The van der Waals surface area contributed by atoms with Crippen LogP contribution < -0.4 is 4.74 Å². The van der Waals surface area contributed by atoms with Crippen LogP contribution in [0.15, 0.2) is 24.3 Å². The van der Waals surface area contributed by atoms with Crippen molar-refractivity contribution in [2.45, 2.75) is 18.2 Å². The Morgan fingerprint density at radius 1 is 1.33 bits per heavy atom. The first-order valence-corrected chi connectivity index (χ1v) is 4.64. The lowest BCUT2D eigenvalue weighted by Crippen LogP contribution is -2.08. The predicted octanol–water partition coefficient (Wildman–Crippen LogP) is 2.62. The van der Waals surface area contributed by atoms with Gasteiger partial charge in [0.2, 0.25) is 0 Å². The zero-order chi connectivity index (χ0) is 8.39. The Morgan fingerprint density at radius 3 is 3.08 bits per heavy atom. The quantitative estimate of drug-likeness (QED) is 0.561. The van der Waals surface area contributed by atoms with Crippen molar-refractivity contribution in [2.24, 2.45) is 0 Å². The van der Waals surface area contributed by atoms with Gasteiger partial charge in [-0.05, 0) is 24.5 Å². The monoisotopic (exact) mass is 182 g/mol. The first-order chi connectivity index (χ1) is 5.86. The Morgan fingerprint density at radius 2 is 2.17 bits per heavy atom. The van der Waals surface area contributed by atoms with Gasteiger partial charge >= 0.3 is 0 Å². The van der Waals surface area contributed by atoms with E-state index in [1.165, 1.54) is 5.56 Å². The number of hydrogen-bond acceptors (Lipinski definition) is 1. The average Bonchev–Trinajstić information content (AvgIpc) is 2.29. The third-order valence-corrected chi connectivity index (χ3v) is 2.46. The fourth-order valence-corrected chi connectivity index (χ4v) is 1.60. The zero-order valence-corrected chi connectivity index (χ0v) is 7.55. The van der Waals surface area contributed by atoms with Crippen LogP contribution in [0.4, 0.5) is 0 Å². The topological polar surface area (TPSA) is 9.23 Å². The Hall–Kier alpha value is -0.690. The standard InChI is InChI=1S/C10H11ClO/c11-9-6-5-8-3-1-2-4-10(8)12-7-9/h1-4,9H,5-7H2. The maximum absolute atomic E-state index is 5.99. The number of benzene rings is 1. The summed E-state index contributed by atoms with van der Waals surface area (Å²) in [7, 11) is 0. The van der Waals surface area contributed by atoms with Crippen LogP contribution in [0, 0.1) is 0 Å². The first-order valence-electron chi connectivity index (χ1n) is 4.21. The summed E-state index contributed by atoms with van der Waals surface area (Å²) in [4.78, 5) is 0. The lowest BCUT2D eigenvalue weighted by Gasteiger charge is -2.05. The van der Waals surface area contributed by atoms with E-state index in [0.717, 1.165) is 18.6 Å². The number of ether oxygens (including phenoxy) is 1. The predicted molar refractivity (Wildman–Crippen MR) is 49.9 cm³/mol. The minimum absolute atomic E-state index is 0.164. The Bertz CT molecular complexity index is 245. The van der Waals surface area contributed by atoms with E-state index in [1.807, 2.05) is 18.2 Å². The van der Waals surface area contributed by atoms with Crippen molar-refractivity contribution in [1.82, 2.24) is 0 Å². The molecule has 1 unspecified atom stereocenters. The molecule has 1 heterocycles. The van der Waals surface area contributed by atoms with Crippen LogP contribution in [0.5, 0.6) is 5.75 Å². The van der Waals surface area contributed by atoms with Crippen LogP contribution in [0.3, 0.4) is 0 Å². The minimum Gasteiger partial charge on any atom is -0.492 e. The molecule has 1 atom stereocenters. The van der Waals surface area contributed by atoms with Crippen molar-refractivity contribution in [3.05, 3.63) is 29.8 Å². The molecule has 0 fully saturated rings. The molecule has 0 radical (unpaired) electrons. The van der Waals surface area contributed by atoms with Crippen LogP contribution in [0.2, 0.25) is 0 Å². The molecule has 2 heteroatoms. The molecule has 0 aromatic heterocycles. The van der Waals surface area contributed by atoms with Crippen molar-refractivity contribution in [3.8, 4) is 5.75 Å². The molecule has 1 nitrogen and oxygen atoms in total. The van der Waals surface area contributed by atoms with E-state index >= 15 is 0 Å². The van der Waals surface area contributed by atoms with Gasteiger partial charge in [-0.25, -0.2) is 0 Å². The van der Waals surface area contributed by atoms with E-state index in [4.69, 9.17) is 16.3 Å². The molecule has 0 saturated carbocycles. The molecule has 1 aliphatic rings. The van der Waals surface area contributed by atoms with Crippen LogP contribution in [-0.2, 0) is 6.42 Å². The lowest BCUT2D eigenvalue weighted by molar-refractivity contribution is 0.320. The highest BCUT2D eigenvalue weighted by molar-refractivity contribution is 6.20. The van der Waals surface area contributed by atoms with Gasteiger partial charge in [0.25, 0.3) is 0 Å². The van der Waals surface area contributed by atoms with E-state index in [1.54, 1.807) is 0 Å². The van der Waals surface area contributed by atoms with Crippen molar-refractivity contribution in [1.29, 1.82) is 0 Å². The van der Waals surface area contributed by atoms with Crippen molar-refractivity contribution >= 4 is 11.6 Å². The molecular weight excluding hydrogens is 172 g/mol. The van der Waals surface area contributed by atoms with Gasteiger partial charge in [-0.3, -0.25) is 0 Å². The Kier molecular flexibility index (Phi) is 2.22. The average molecular weight is 183 g/mol. The molecule has 1 aromatic carbocycles. The first kappa shape index (κ1) is 7.93. The number of rotatable bonds is 0. The summed E-state index contributed by atoms with van der Waals surface area (Å²) < 4.78 is 5.53. The van der Waals surface area contributed by atoms with Gasteiger partial charge in [0, 0.05) is 0 Å². The van der Waals surface area contributed by atoms with E-state index in [-0.39, 0.29) is 5.38 Å². The second kappa shape index (κ2) is 3.36. The summed E-state index contributed by atoms with van der Waals surface area (Å²) in [6.07, 6.45) is 2.04. The van der Waals surface area contributed by atoms with Gasteiger partial charge in [0.05, 0.1) is 5.38 Å². The third-order valence-electron chi connectivity index (χ3n) is 2.12. The van der Waals surface area contributed by atoms with Gasteiger partial charge in [-0.1, -0.05) is 18.2 Å². The molecule has 1 aromatic rings. The SMILES string of the molecule is ClC1CCc2ccccc2OC1. The summed E-state index contributed by atoms with van der Waals surface area (Å²) in [5.41, 5.74) is 1.28. The number of aryl methyl sites for hydroxylation is 1.